The number of piperidine rings is 1. The second kappa shape index (κ2) is 5.23. The van der Waals surface area contributed by atoms with E-state index in [0.717, 1.165) is 18.0 Å². The van der Waals surface area contributed by atoms with Gasteiger partial charge >= 0.3 is 0 Å². The van der Waals surface area contributed by atoms with Crippen LogP contribution in [-0.2, 0) is 0 Å². The van der Waals surface area contributed by atoms with Gasteiger partial charge in [0.1, 0.15) is 0 Å². The molecule has 16 heavy (non-hydrogen) atoms. The molecule has 1 atom stereocenters. The van der Waals surface area contributed by atoms with E-state index in [1.165, 1.54) is 18.5 Å². The number of hydrogen-bond donors (Lipinski definition) is 0. The normalized spacial score (nSPS) is 20.5. The van der Waals surface area contributed by atoms with Crippen LogP contribution in [0.2, 0.25) is 5.02 Å². The fourth-order valence-corrected chi connectivity index (χ4v) is 2.42. The number of hydrogen-bond acceptors (Lipinski definition) is 2. The Kier molecular flexibility index (Phi) is 3.69. The van der Waals surface area contributed by atoms with E-state index in [9.17, 15) is 0 Å². The minimum Gasteiger partial charge on any atom is -0.368 e. The molecule has 84 valence electrons. The molecule has 0 aromatic heterocycles. The molecule has 0 saturated carbocycles. The average molecular weight is 235 g/mol. The maximum atomic E-state index is 8.83. The molecule has 1 fully saturated rings. The molecule has 0 radical (unpaired) electrons. The molecule has 1 aromatic rings. The van der Waals surface area contributed by atoms with Crippen molar-refractivity contribution < 1.29 is 0 Å². The van der Waals surface area contributed by atoms with Crippen molar-refractivity contribution in [2.24, 2.45) is 0 Å². The van der Waals surface area contributed by atoms with Crippen molar-refractivity contribution >= 4 is 17.3 Å². The van der Waals surface area contributed by atoms with Crippen molar-refractivity contribution in [1.82, 2.24) is 0 Å². The Labute approximate surface area is 101 Å². The summed E-state index contributed by atoms with van der Waals surface area (Å²) in [6.45, 7) is 1.05. The van der Waals surface area contributed by atoms with Crippen LogP contribution >= 0.6 is 11.6 Å². The second-order valence-corrected chi connectivity index (χ2v) is 4.62. The summed E-state index contributed by atoms with van der Waals surface area (Å²) in [6, 6.07) is 10.6. The smallest absolute Gasteiger partial charge is 0.0643 e. The highest BCUT2D eigenvalue weighted by Crippen LogP contribution is 2.27. The quantitative estimate of drug-likeness (QED) is 0.782. The van der Waals surface area contributed by atoms with Crippen molar-refractivity contribution in [3.05, 3.63) is 29.3 Å². The standard InChI is InChI=1S/C13H15ClN2/c14-11-4-6-13(7-5-11)16-10-2-1-3-12(16)8-9-15/h4-7,12H,1-3,8,10H2. The van der Waals surface area contributed by atoms with Gasteiger partial charge in [-0.3, -0.25) is 0 Å². The lowest BCUT2D eigenvalue weighted by Gasteiger charge is -2.36. The van der Waals surface area contributed by atoms with E-state index < -0.39 is 0 Å². The van der Waals surface area contributed by atoms with Gasteiger partial charge in [-0.05, 0) is 43.5 Å². The molecule has 1 aromatic carbocycles. The van der Waals surface area contributed by atoms with E-state index in [2.05, 4.69) is 11.0 Å². The molecular weight excluding hydrogens is 220 g/mol. The van der Waals surface area contributed by atoms with Crippen molar-refractivity contribution in [3.63, 3.8) is 0 Å². The zero-order valence-corrected chi connectivity index (χ0v) is 9.95. The maximum absolute atomic E-state index is 8.83. The van der Waals surface area contributed by atoms with E-state index in [1.54, 1.807) is 0 Å². The summed E-state index contributed by atoms with van der Waals surface area (Å²) < 4.78 is 0. The molecule has 1 aliphatic rings. The monoisotopic (exact) mass is 234 g/mol. The molecule has 0 bridgehead atoms. The highest BCUT2D eigenvalue weighted by molar-refractivity contribution is 6.30. The number of benzene rings is 1. The summed E-state index contributed by atoms with van der Waals surface area (Å²) in [7, 11) is 0. The molecule has 1 saturated heterocycles. The summed E-state index contributed by atoms with van der Waals surface area (Å²) in [5.74, 6) is 0. The fourth-order valence-electron chi connectivity index (χ4n) is 2.29. The molecule has 0 amide bonds. The third kappa shape index (κ3) is 2.48. The third-order valence-electron chi connectivity index (χ3n) is 3.11. The Balaban J connectivity index is 2.16. The van der Waals surface area contributed by atoms with Crippen LogP contribution in [0.3, 0.4) is 0 Å². The largest absolute Gasteiger partial charge is 0.368 e. The maximum Gasteiger partial charge on any atom is 0.0643 e. The fraction of sp³-hybridized carbons (Fsp3) is 0.462. The number of anilines is 1. The van der Waals surface area contributed by atoms with Gasteiger partial charge in [0, 0.05) is 23.3 Å². The summed E-state index contributed by atoms with van der Waals surface area (Å²) >= 11 is 5.88. The van der Waals surface area contributed by atoms with E-state index in [-0.39, 0.29) is 0 Å². The van der Waals surface area contributed by atoms with Crippen LogP contribution in [0.1, 0.15) is 25.7 Å². The Morgan fingerprint density at radius 1 is 1.31 bits per heavy atom. The lowest BCUT2D eigenvalue weighted by molar-refractivity contribution is 0.464. The highest BCUT2D eigenvalue weighted by Gasteiger charge is 2.22. The molecular formula is C13H15ClN2. The van der Waals surface area contributed by atoms with E-state index in [1.807, 2.05) is 24.3 Å². The van der Waals surface area contributed by atoms with Crippen LogP contribution in [0.5, 0.6) is 0 Å². The summed E-state index contributed by atoms with van der Waals surface area (Å²) in [5, 5.41) is 9.59. The molecule has 1 aliphatic heterocycles. The molecule has 3 heteroatoms. The van der Waals surface area contributed by atoms with Crippen LogP contribution in [0.4, 0.5) is 5.69 Å². The van der Waals surface area contributed by atoms with Crippen LogP contribution < -0.4 is 4.90 Å². The van der Waals surface area contributed by atoms with E-state index >= 15 is 0 Å². The highest BCUT2D eigenvalue weighted by atomic mass is 35.5. The number of rotatable bonds is 2. The van der Waals surface area contributed by atoms with Gasteiger partial charge in [0.15, 0.2) is 0 Å². The molecule has 2 nitrogen and oxygen atoms in total. The van der Waals surface area contributed by atoms with Gasteiger partial charge in [-0.1, -0.05) is 11.6 Å². The van der Waals surface area contributed by atoms with E-state index in [4.69, 9.17) is 16.9 Å². The predicted molar refractivity (Wildman–Crippen MR) is 66.7 cm³/mol. The van der Waals surface area contributed by atoms with Crippen molar-refractivity contribution in [1.29, 1.82) is 5.26 Å². The van der Waals surface area contributed by atoms with Gasteiger partial charge < -0.3 is 4.90 Å². The predicted octanol–water partition coefficient (Wildman–Crippen LogP) is 3.61. The minimum atomic E-state index is 0.375. The Morgan fingerprint density at radius 2 is 2.06 bits per heavy atom. The lowest BCUT2D eigenvalue weighted by atomic mass is 9.99. The average Bonchev–Trinajstić information content (AvgIpc) is 2.32. The Hall–Kier alpha value is -1.20. The molecule has 1 unspecified atom stereocenters. The second-order valence-electron chi connectivity index (χ2n) is 4.18. The molecule has 2 rings (SSSR count). The number of nitrogens with zero attached hydrogens (tertiary/aromatic N) is 2. The van der Waals surface area contributed by atoms with Crippen molar-refractivity contribution in [2.45, 2.75) is 31.7 Å². The molecule has 0 spiro atoms. The molecule has 0 aliphatic carbocycles. The van der Waals surface area contributed by atoms with Crippen LogP contribution in [-0.4, -0.2) is 12.6 Å². The molecule has 1 heterocycles. The van der Waals surface area contributed by atoms with Crippen LogP contribution in [0.15, 0.2) is 24.3 Å². The van der Waals surface area contributed by atoms with E-state index in [0.29, 0.717) is 12.5 Å². The lowest BCUT2D eigenvalue weighted by Crippen LogP contribution is -2.39. The first-order valence-electron chi connectivity index (χ1n) is 5.70. The van der Waals surface area contributed by atoms with Crippen molar-refractivity contribution in [2.75, 3.05) is 11.4 Å². The van der Waals surface area contributed by atoms with Gasteiger partial charge in [-0.25, -0.2) is 0 Å². The summed E-state index contributed by atoms with van der Waals surface area (Å²) in [6.07, 6.45) is 4.18. The third-order valence-corrected chi connectivity index (χ3v) is 3.36. The van der Waals surface area contributed by atoms with Gasteiger partial charge in [0.2, 0.25) is 0 Å². The summed E-state index contributed by atoms with van der Waals surface area (Å²) in [4.78, 5) is 2.34. The summed E-state index contributed by atoms with van der Waals surface area (Å²) in [5.41, 5.74) is 1.18. The van der Waals surface area contributed by atoms with Crippen molar-refractivity contribution in [3.8, 4) is 6.07 Å². The zero-order chi connectivity index (χ0) is 11.4. The minimum absolute atomic E-state index is 0.375. The number of halogens is 1. The molecule has 0 N–H and O–H groups in total. The van der Waals surface area contributed by atoms with Crippen LogP contribution in [0, 0.1) is 11.3 Å². The first kappa shape index (κ1) is 11.3. The van der Waals surface area contributed by atoms with Gasteiger partial charge in [-0.2, -0.15) is 5.26 Å². The van der Waals surface area contributed by atoms with Gasteiger partial charge in [0.05, 0.1) is 12.5 Å². The topological polar surface area (TPSA) is 27.0 Å². The first-order chi connectivity index (χ1) is 7.81. The zero-order valence-electron chi connectivity index (χ0n) is 9.19. The van der Waals surface area contributed by atoms with Gasteiger partial charge in [-0.15, -0.1) is 0 Å². The van der Waals surface area contributed by atoms with Gasteiger partial charge in [0.25, 0.3) is 0 Å². The first-order valence-corrected chi connectivity index (χ1v) is 6.08. The van der Waals surface area contributed by atoms with Crippen LogP contribution in [0.25, 0.3) is 0 Å². The SMILES string of the molecule is N#CCC1CCCCN1c1ccc(Cl)cc1. The number of nitriles is 1. The Morgan fingerprint density at radius 3 is 2.75 bits per heavy atom. The Bertz CT molecular complexity index is 380.